The topological polar surface area (TPSA) is 75.2 Å². The fourth-order valence-corrected chi connectivity index (χ4v) is 6.45. The summed E-state index contributed by atoms with van der Waals surface area (Å²) in [6, 6.07) is 15.5. The number of hydrogen-bond acceptors (Lipinski definition) is 4. The first-order valence-electron chi connectivity index (χ1n) is 9.79. The first-order chi connectivity index (χ1) is 13.5. The van der Waals surface area contributed by atoms with Crippen molar-refractivity contribution in [1.82, 2.24) is 14.5 Å². The summed E-state index contributed by atoms with van der Waals surface area (Å²) in [5.41, 5.74) is 2.71. The number of benzene rings is 2. The van der Waals surface area contributed by atoms with Gasteiger partial charge in [-0.1, -0.05) is 30.3 Å². The van der Waals surface area contributed by atoms with Gasteiger partial charge in [0.2, 0.25) is 0 Å². The summed E-state index contributed by atoms with van der Waals surface area (Å²) < 4.78 is 26.7. The third-order valence-electron chi connectivity index (χ3n) is 6.20. The Bertz CT molecular complexity index is 1190. The molecule has 0 bridgehead atoms. The normalized spacial score (nSPS) is 22.9. The number of nitrogens with one attached hydrogen (secondary N) is 1. The van der Waals surface area contributed by atoms with Crippen molar-refractivity contribution < 1.29 is 8.42 Å². The molecule has 0 saturated carbocycles. The van der Waals surface area contributed by atoms with Gasteiger partial charge in [0, 0.05) is 25.2 Å². The molecule has 2 aliphatic rings. The van der Waals surface area contributed by atoms with Gasteiger partial charge in [-0.15, -0.1) is 0 Å². The molecule has 0 aliphatic carbocycles. The predicted molar refractivity (Wildman–Crippen MR) is 108 cm³/mol. The molecule has 7 heteroatoms. The van der Waals surface area contributed by atoms with E-state index in [0.717, 1.165) is 42.5 Å². The van der Waals surface area contributed by atoms with Crippen molar-refractivity contribution in [1.29, 1.82) is 0 Å². The molecule has 1 atom stereocenters. The van der Waals surface area contributed by atoms with Crippen LogP contribution in [-0.4, -0.2) is 41.7 Å². The van der Waals surface area contributed by atoms with E-state index in [4.69, 9.17) is 0 Å². The van der Waals surface area contributed by atoms with Gasteiger partial charge in [0.05, 0.1) is 21.7 Å². The third-order valence-corrected chi connectivity index (χ3v) is 8.02. The van der Waals surface area contributed by atoms with Gasteiger partial charge in [-0.25, -0.2) is 13.2 Å². The van der Waals surface area contributed by atoms with Crippen molar-refractivity contribution in [3.05, 3.63) is 64.6 Å². The van der Waals surface area contributed by atoms with Gasteiger partial charge in [0.15, 0.2) is 9.84 Å². The zero-order valence-electron chi connectivity index (χ0n) is 15.5. The van der Waals surface area contributed by atoms with E-state index in [9.17, 15) is 13.2 Å². The van der Waals surface area contributed by atoms with E-state index in [1.165, 1.54) is 0 Å². The lowest BCUT2D eigenvalue weighted by molar-refractivity contribution is 0.129. The molecule has 1 unspecified atom stereocenters. The molecular formula is C21H23N3O3S. The molecule has 1 aromatic heterocycles. The summed E-state index contributed by atoms with van der Waals surface area (Å²) in [6.07, 6.45) is 2.40. The molecule has 3 aromatic rings. The molecule has 3 heterocycles. The number of para-hydroxylation sites is 2. The van der Waals surface area contributed by atoms with Gasteiger partial charge < -0.3 is 4.98 Å². The summed E-state index contributed by atoms with van der Waals surface area (Å²) in [5, 5.41) is 0. The minimum atomic E-state index is -3.17. The van der Waals surface area contributed by atoms with Crippen molar-refractivity contribution in [2.45, 2.75) is 36.2 Å². The average molecular weight is 398 g/mol. The Kier molecular flexibility index (Phi) is 4.17. The lowest BCUT2D eigenvalue weighted by atomic mass is 9.97. The monoisotopic (exact) mass is 397 g/mol. The SMILES string of the molecule is O=c1[nH]c2ccccc2n1C1CCN(C2CCS(=O)(=O)c3ccccc32)CC1. The number of aromatic amines is 1. The van der Waals surface area contributed by atoms with E-state index >= 15 is 0 Å². The second-order valence-electron chi connectivity index (χ2n) is 7.75. The Balaban J connectivity index is 1.39. The maximum Gasteiger partial charge on any atom is 0.326 e. The second kappa shape index (κ2) is 6.60. The number of hydrogen-bond donors (Lipinski definition) is 1. The van der Waals surface area contributed by atoms with E-state index in [-0.39, 0.29) is 23.5 Å². The van der Waals surface area contributed by atoms with Crippen LogP contribution in [0.4, 0.5) is 0 Å². The van der Waals surface area contributed by atoms with Crippen molar-refractivity contribution in [2.24, 2.45) is 0 Å². The highest BCUT2D eigenvalue weighted by atomic mass is 32.2. The van der Waals surface area contributed by atoms with Crippen LogP contribution < -0.4 is 5.69 Å². The number of nitrogens with zero attached hydrogens (tertiary/aromatic N) is 2. The van der Waals surface area contributed by atoms with Crippen LogP contribution in [0.15, 0.2) is 58.2 Å². The van der Waals surface area contributed by atoms with E-state index in [1.807, 2.05) is 41.0 Å². The highest BCUT2D eigenvalue weighted by Crippen LogP contribution is 2.38. The Hall–Kier alpha value is -2.38. The molecule has 28 heavy (non-hydrogen) atoms. The van der Waals surface area contributed by atoms with Crippen LogP contribution in [0.2, 0.25) is 0 Å². The number of piperidine rings is 1. The quantitative estimate of drug-likeness (QED) is 0.722. The van der Waals surface area contributed by atoms with E-state index in [0.29, 0.717) is 11.3 Å². The summed E-state index contributed by atoms with van der Waals surface area (Å²) >= 11 is 0. The number of imidazole rings is 1. The summed E-state index contributed by atoms with van der Waals surface area (Å²) in [5.74, 6) is 0.205. The van der Waals surface area contributed by atoms with Gasteiger partial charge in [-0.3, -0.25) is 9.47 Å². The highest BCUT2D eigenvalue weighted by Gasteiger charge is 2.35. The molecular weight excluding hydrogens is 374 g/mol. The Morgan fingerprint density at radius 1 is 0.929 bits per heavy atom. The Morgan fingerprint density at radius 2 is 1.64 bits per heavy atom. The molecule has 1 fully saturated rings. The minimum Gasteiger partial charge on any atom is -0.306 e. The first-order valence-corrected chi connectivity index (χ1v) is 11.4. The second-order valence-corrected chi connectivity index (χ2v) is 9.82. The molecule has 0 radical (unpaired) electrons. The summed E-state index contributed by atoms with van der Waals surface area (Å²) in [4.78, 5) is 18.3. The van der Waals surface area contributed by atoms with Crippen LogP contribution in [0.1, 0.15) is 36.9 Å². The van der Waals surface area contributed by atoms with Gasteiger partial charge in [0.25, 0.3) is 0 Å². The number of likely N-dealkylation sites (tertiary alicyclic amines) is 1. The number of rotatable bonds is 2. The van der Waals surface area contributed by atoms with Gasteiger partial charge in [-0.05, 0) is 43.0 Å². The Labute approximate surface area is 163 Å². The number of fused-ring (bicyclic) bond motifs is 2. The van der Waals surface area contributed by atoms with Crippen LogP contribution >= 0.6 is 0 Å². The molecule has 6 nitrogen and oxygen atoms in total. The molecule has 5 rings (SSSR count). The average Bonchev–Trinajstić information content (AvgIpc) is 3.04. The van der Waals surface area contributed by atoms with E-state index < -0.39 is 9.84 Å². The molecule has 1 N–H and O–H groups in total. The van der Waals surface area contributed by atoms with Crippen molar-refractivity contribution in [3.63, 3.8) is 0 Å². The zero-order valence-corrected chi connectivity index (χ0v) is 16.4. The van der Waals surface area contributed by atoms with Crippen LogP contribution in [0.5, 0.6) is 0 Å². The van der Waals surface area contributed by atoms with E-state index in [1.54, 1.807) is 12.1 Å². The smallest absolute Gasteiger partial charge is 0.306 e. The minimum absolute atomic E-state index is 0.0474. The van der Waals surface area contributed by atoms with Crippen LogP contribution in [0, 0.1) is 0 Å². The largest absolute Gasteiger partial charge is 0.326 e. The van der Waals surface area contributed by atoms with Gasteiger partial charge in [0.1, 0.15) is 0 Å². The molecule has 1 saturated heterocycles. The van der Waals surface area contributed by atoms with Crippen molar-refractivity contribution >= 4 is 20.9 Å². The maximum absolute atomic E-state index is 12.5. The summed E-state index contributed by atoms with van der Waals surface area (Å²) in [6.45, 7) is 1.71. The Morgan fingerprint density at radius 3 is 2.46 bits per heavy atom. The summed E-state index contributed by atoms with van der Waals surface area (Å²) in [7, 11) is -3.17. The molecule has 0 amide bonds. The third kappa shape index (κ3) is 2.81. The molecule has 2 aromatic carbocycles. The highest BCUT2D eigenvalue weighted by molar-refractivity contribution is 7.91. The molecule has 0 spiro atoms. The fourth-order valence-electron chi connectivity index (χ4n) is 4.84. The van der Waals surface area contributed by atoms with Crippen molar-refractivity contribution in [2.75, 3.05) is 18.8 Å². The molecule has 146 valence electrons. The fraction of sp³-hybridized carbons (Fsp3) is 0.381. The van der Waals surface area contributed by atoms with Crippen LogP contribution in [0.3, 0.4) is 0 Å². The predicted octanol–water partition coefficient (Wildman–Crippen LogP) is 2.89. The van der Waals surface area contributed by atoms with Gasteiger partial charge in [-0.2, -0.15) is 0 Å². The maximum atomic E-state index is 12.5. The van der Waals surface area contributed by atoms with Crippen molar-refractivity contribution in [3.8, 4) is 0 Å². The number of H-pyrrole nitrogens is 1. The number of sulfone groups is 1. The van der Waals surface area contributed by atoms with Crippen LogP contribution in [0.25, 0.3) is 11.0 Å². The van der Waals surface area contributed by atoms with Crippen LogP contribution in [-0.2, 0) is 9.84 Å². The number of aromatic nitrogens is 2. The van der Waals surface area contributed by atoms with E-state index in [2.05, 4.69) is 9.88 Å². The standard InChI is InChI=1S/C21H23N3O3S/c25-21-22-17-6-2-3-7-19(17)24(21)15-9-12-23(13-10-15)18-11-14-28(26,27)20-8-4-1-5-16(18)20/h1-8,15,18H,9-14H2,(H,22,25). The lowest BCUT2D eigenvalue weighted by Gasteiger charge is -2.40. The lowest BCUT2D eigenvalue weighted by Crippen LogP contribution is -2.41. The zero-order chi connectivity index (χ0) is 19.3. The first kappa shape index (κ1) is 17.7. The van der Waals surface area contributed by atoms with Gasteiger partial charge >= 0.3 is 5.69 Å². The molecule has 2 aliphatic heterocycles.